The molecule has 0 aliphatic heterocycles. The van der Waals surface area contributed by atoms with E-state index in [4.69, 9.17) is 11.6 Å². The minimum Gasteiger partial charge on any atom is -0.309 e. The zero-order valence-corrected chi connectivity index (χ0v) is 11.4. The minimum absolute atomic E-state index is 0.580. The minimum atomic E-state index is 0.580. The Morgan fingerprint density at radius 3 is 2.22 bits per heavy atom. The first-order valence-corrected chi connectivity index (χ1v) is 6.71. The average molecular weight is 260 g/mol. The van der Waals surface area contributed by atoms with Gasteiger partial charge in [-0.05, 0) is 23.6 Å². The molecule has 0 aliphatic carbocycles. The van der Waals surface area contributed by atoms with Crippen LogP contribution in [0.15, 0.2) is 48.5 Å². The number of rotatable bonds is 5. The van der Waals surface area contributed by atoms with Gasteiger partial charge in [-0.1, -0.05) is 54.1 Å². The van der Waals surface area contributed by atoms with Gasteiger partial charge in [-0.2, -0.15) is 0 Å². The molecule has 0 radical (unpaired) electrons. The fourth-order valence-electron chi connectivity index (χ4n) is 1.92. The van der Waals surface area contributed by atoms with E-state index in [1.54, 1.807) is 0 Å². The molecule has 0 amide bonds. The highest BCUT2D eigenvalue weighted by Gasteiger charge is 1.95. The maximum atomic E-state index is 5.76. The zero-order valence-electron chi connectivity index (χ0n) is 10.6. The predicted octanol–water partition coefficient (Wildman–Crippen LogP) is 4.02. The van der Waals surface area contributed by atoms with Crippen molar-refractivity contribution >= 4 is 11.6 Å². The molecule has 2 aromatic rings. The summed E-state index contributed by atoms with van der Waals surface area (Å²) in [5.41, 5.74) is 5.09. The Hall–Kier alpha value is -1.31. The van der Waals surface area contributed by atoms with E-state index in [1.807, 2.05) is 0 Å². The molecule has 2 aromatic carbocycles. The molecule has 18 heavy (non-hydrogen) atoms. The highest BCUT2D eigenvalue weighted by Crippen LogP contribution is 2.07. The standard InChI is InChI=1S/C16H18ClN/c1-13-3-2-4-16(9-13)12-18-11-15-7-5-14(10-17)6-8-15/h2-9,18H,10-12H2,1H3. The fraction of sp³-hybridized carbons (Fsp3) is 0.250. The lowest BCUT2D eigenvalue weighted by Gasteiger charge is -2.06. The lowest BCUT2D eigenvalue weighted by Crippen LogP contribution is -2.12. The van der Waals surface area contributed by atoms with Crippen molar-refractivity contribution in [3.63, 3.8) is 0 Å². The molecule has 0 aliphatic rings. The maximum absolute atomic E-state index is 5.76. The van der Waals surface area contributed by atoms with Crippen molar-refractivity contribution in [3.05, 3.63) is 70.8 Å². The molecule has 0 saturated heterocycles. The summed E-state index contributed by atoms with van der Waals surface area (Å²) in [5.74, 6) is 0.580. The van der Waals surface area contributed by atoms with Crippen LogP contribution in [0.5, 0.6) is 0 Å². The molecule has 0 unspecified atom stereocenters. The van der Waals surface area contributed by atoms with E-state index in [1.165, 1.54) is 22.3 Å². The second-order valence-electron chi connectivity index (χ2n) is 4.54. The fourth-order valence-corrected chi connectivity index (χ4v) is 2.10. The Morgan fingerprint density at radius 1 is 0.889 bits per heavy atom. The first-order valence-electron chi connectivity index (χ1n) is 6.18. The number of hydrogen-bond acceptors (Lipinski definition) is 1. The van der Waals surface area contributed by atoms with E-state index in [0.717, 1.165) is 13.1 Å². The van der Waals surface area contributed by atoms with Crippen molar-refractivity contribution in [1.82, 2.24) is 5.32 Å². The summed E-state index contributed by atoms with van der Waals surface area (Å²) in [7, 11) is 0. The summed E-state index contributed by atoms with van der Waals surface area (Å²) < 4.78 is 0. The SMILES string of the molecule is Cc1cccc(CNCc2ccc(CCl)cc2)c1. The van der Waals surface area contributed by atoms with Gasteiger partial charge in [0.25, 0.3) is 0 Å². The van der Waals surface area contributed by atoms with Gasteiger partial charge in [0.1, 0.15) is 0 Å². The second-order valence-corrected chi connectivity index (χ2v) is 4.81. The Labute approximate surface area is 114 Å². The van der Waals surface area contributed by atoms with Crippen LogP contribution in [-0.4, -0.2) is 0 Å². The number of halogens is 1. The molecule has 0 heterocycles. The van der Waals surface area contributed by atoms with Crippen LogP contribution in [-0.2, 0) is 19.0 Å². The summed E-state index contributed by atoms with van der Waals surface area (Å²) >= 11 is 5.76. The molecule has 0 aromatic heterocycles. The van der Waals surface area contributed by atoms with Crippen LogP contribution < -0.4 is 5.32 Å². The molecule has 0 bridgehead atoms. The van der Waals surface area contributed by atoms with Crippen molar-refractivity contribution < 1.29 is 0 Å². The number of aryl methyl sites for hydroxylation is 1. The van der Waals surface area contributed by atoms with Crippen molar-refractivity contribution in [2.24, 2.45) is 0 Å². The monoisotopic (exact) mass is 259 g/mol. The van der Waals surface area contributed by atoms with Crippen LogP contribution in [0, 0.1) is 6.92 Å². The van der Waals surface area contributed by atoms with Gasteiger partial charge in [0, 0.05) is 19.0 Å². The number of hydrogen-bond donors (Lipinski definition) is 1. The van der Waals surface area contributed by atoms with E-state index in [0.29, 0.717) is 5.88 Å². The largest absolute Gasteiger partial charge is 0.309 e. The smallest absolute Gasteiger partial charge is 0.0474 e. The van der Waals surface area contributed by atoms with E-state index < -0.39 is 0 Å². The van der Waals surface area contributed by atoms with Gasteiger partial charge >= 0.3 is 0 Å². The first kappa shape index (κ1) is 13.1. The van der Waals surface area contributed by atoms with Gasteiger partial charge in [0.15, 0.2) is 0 Å². The molecule has 0 saturated carbocycles. The summed E-state index contributed by atoms with van der Waals surface area (Å²) in [6, 6.07) is 17.0. The van der Waals surface area contributed by atoms with Gasteiger partial charge in [0.2, 0.25) is 0 Å². The van der Waals surface area contributed by atoms with Crippen LogP contribution in [0.25, 0.3) is 0 Å². The zero-order chi connectivity index (χ0) is 12.8. The van der Waals surface area contributed by atoms with Crippen LogP contribution in [0.1, 0.15) is 22.3 Å². The number of alkyl halides is 1. The van der Waals surface area contributed by atoms with Crippen LogP contribution in [0.2, 0.25) is 0 Å². The molecule has 1 nitrogen and oxygen atoms in total. The van der Waals surface area contributed by atoms with Gasteiger partial charge in [-0.15, -0.1) is 11.6 Å². The van der Waals surface area contributed by atoms with Crippen LogP contribution in [0.3, 0.4) is 0 Å². The Morgan fingerprint density at radius 2 is 1.56 bits per heavy atom. The predicted molar refractivity (Wildman–Crippen MR) is 77.7 cm³/mol. The molecule has 1 N–H and O–H groups in total. The normalized spacial score (nSPS) is 10.6. The van der Waals surface area contributed by atoms with Crippen molar-refractivity contribution in [2.75, 3.05) is 0 Å². The van der Waals surface area contributed by atoms with Gasteiger partial charge in [-0.3, -0.25) is 0 Å². The Bertz CT molecular complexity index is 491. The van der Waals surface area contributed by atoms with Crippen molar-refractivity contribution in [1.29, 1.82) is 0 Å². The van der Waals surface area contributed by atoms with Gasteiger partial charge in [0.05, 0.1) is 0 Å². The molecule has 0 fully saturated rings. The lowest BCUT2D eigenvalue weighted by atomic mass is 10.1. The summed E-state index contributed by atoms with van der Waals surface area (Å²) in [6.45, 7) is 3.91. The lowest BCUT2D eigenvalue weighted by molar-refractivity contribution is 0.693. The Balaban J connectivity index is 1.84. The van der Waals surface area contributed by atoms with Gasteiger partial charge in [-0.25, -0.2) is 0 Å². The summed E-state index contributed by atoms with van der Waals surface area (Å²) in [6.07, 6.45) is 0. The third kappa shape index (κ3) is 3.86. The van der Waals surface area contributed by atoms with E-state index >= 15 is 0 Å². The third-order valence-corrected chi connectivity index (χ3v) is 3.23. The summed E-state index contributed by atoms with van der Waals surface area (Å²) in [5, 5.41) is 3.45. The highest BCUT2D eigenvalue weighted by atomic mass is 35.5. The van der Waals surface area contributed by atoms with Crippen LogP contribution >= 0.6 is 11.6 Å². The van der Waals surface area contributed by atoms with Crippen molar-refractivity contribution in [3.8, 4) is 0 Å². The molecule has 2 heteroatoms. The molecule has 0 atom stereocenters. The molecular formula is C16H18ClN. The number of benzene rings is 2. The quantitative estimate of drug-likeness (QED) is 0.800. The van der Waals surface area contributed by atoms with Gasteiger partial charge < -0.3 is 5.32 Å². The Kier molecular flexibility index (Phi) is 4.80. The maximum Gasteiger partial charge on any atom is 0.0474 e. The molecule has 2 rings (SSSR count). The van der Waals surface area contributed by atoms with E-state index in [9.17, 15) is 0 Å². The highest BCUT2D eigenvalue weighted by molar-refractivity contribution is 6.17. The first-order chi connectivity index (χ1) is 8.78. The van der Waals surface area contributed by atoms with Crippen LogP contribution in [0.4, 0.5) is 0 Å². The molecule has 0 spiro atoms. The third-order valence-electron chi connectivity index (χ3n) is 2.92. The van der Waals surface area contributed by atoms with E-state index in [-0.39, 0.29) is 0 Å². The summed E-state index contributed by atoms with van der Waals surface area (Å²) in [4.78, 5) is 0. The molecular weight excluding hydrogens is 242 g/mol. The van der Waals surface area contributed by atoms with E-state index in [2.05, 4.69) is 60.8 Å². The van der Waals surface area contributed by atoms with Crippen molar-refractivity contribution in [2.45, 2.75) is 25.9 Å². The average Bonchev–Trinajstić information content (AvgIpc) is 2.40. The number of nitrogens with one attached hydrogen (secondary N) is 1. The topological polar surface area (TPSA) is 12.0 Å². The molecule has 94 valence electrons. The second kappa shape index (κ2) is 6.58.